The summed E-state index contributed by atoms with van der Waals surface area (Å²) in [4.78, 5) is 21.6. The zero-order chi connectivity index (χ0) is 22.8. The van der Waals surface area contributed by atoms with Crippen molar-refractivity contribution in [2.75, 3.05) is 24.2 Å². The number of piperidine rings is 1. The van der Waals surface area contributed by atoms with Crippen molar-refractivity contribution in [3.8, 4) is 17.0 Å². The van der Waals surface area contributed by atoms with Gasteiger partial charge < -0.3 is 14.2 Å². The number of rotatable bonds is 6. The Labute approximate surface area is 198 Å². The van der Waals surface area contributed by atoms with Gasteiger partial charge in [-0.3, -0.25) is 0 Å². The monoisotopic (exact) mass is 460 g/mol. The largest absolute Gasteiger partial charge is 0.473 e. The van der Waals surface area contributed by atoms with Crippen molar-refractivity contribution < 1.29 is 4.74 Å². The minimum Gasteiger partial charge on any atom is -0.473 e. The highest BCUT2D eigenvalue weighted by molar-refractivity contribution is 7.98. The fourth-order valence-electron chi connectivity index (χ4n) is 4.29. The predicted molar refractivity (Wildman–Crippen MR) is 133 cm³/mol. The summed E-state index contributed by atoms with van der Waals surface area (Å²) in [6.07, 6.45) is 12.5. The number of aryl methyl sites for hydroxylation is 2. The van der Waals surface area contributed by atoms with Crippen LogP contribution in [0.4, 0.5) is 5.95 Å². The van der Waals surface area contributed by atoms with Gasteiger partial charge in [0.2, 0.25) is 11.8 Å². The highest BCUT2D eigenvalue weighted by atomic mass is 32.2. The van der Waals surface area contributed by atoms with Crippen LogP contribution in [0.5, 0.6) is 5.88 Å². The van der Waals surface area contributed by atoms with Gasteiger partial charge in [0.1, 0.15) is 23.5 Å². The van der Waals surface area contributed by atoms with E-state index in [1.165, 1.54) is 4.90 Å². The zero-order valence-electron chi connectivity index (χ0n) is 19.2. The Morgan fingerprint density at radius 3 is 2.42 bits per heavy atom. The number of anilines is 1. The minimum atomic E-state index is 0.105. The maximum Gasteiger partial charge on any atom is 0.242 e. The van der Waals surface area contributed by atoms with Gasteiger partial charge in [0.25, 0.3) is 0 Å². The number of nitrogens with zero attached hydrogens (tertiary/aromatic N) is 6. The van der Waals surface area contributed by atoms with E-state index in [9.17, 15) is 0 Å². The van der Waals surface area contributed by atoms with E-state index >= 15 is 0 Å². The van der Waals surface area contributed by atoms with E-state index < -0.39 is 0 Å². The van der Waals surface area contributed by atoms with E-state index in [1.54, 1.807) is 18.1 Å². The molecular weight excluding hydrogens is 432 g/mol. The van der Waals surface area contributed by atoms with Crippen molar-refractivity contribution in [2.24, 2.45) is 7.05 Å². The molecule has 8 heteroatoms. The molecule has 1 fully saturated rings. The average Bonchev–Trinajstić information content (AvgIpc) is 3.22. The van der Waals surface area contributed by atoms with Crippen LogP contribution < -0.4 is 9.64 Å². The molecule has 33 heavy (non-hydrogen) atoms. The minimum absolute atomic E-state index is 0.105. The molecule has 0 bridgehead atoms. The Kier molecular flexibility index (Phi) is 6.17. The molecule has 0 spiro atoms. The van der Waals surface area contributed by atoms with Crippen LogP contribution in [0, 0.1) is 0 Å². The summed E-state index contributed by atoms with van der Waals surface area (Å²) in [6, 6.07) is 8.58. The summed E-state index contributed by atoms with van der Waals surface area (Å²) in [7, 11) is 2.03. The van der Waals surface area contributed by atoms with Crippen molar-refractivity contribution in [1.29, 1.82) is 0 Å². The third-order valence-corrected chi connectivity index (χ3v) is 6.97. The van der Waals surface area contributed by atoms with Gasteiger partial charge in [-0.25, -0.2) is 15.0 Å². The smallest absolute Gasteiger partial charge is 0.242 e. The molecule has 7 nitrogen and oxygen atoms in total. The summed E-state index contributed by atoms with van der Waals surface area (Å²) in [6.45, 7) is 3.84. The van der Waals surface area contributed by atoms with E-state index in [0.29, 0.717) is 5.88 Å². The van der Waals surface area contributed by atoms with E-state index in [1.807, 2.05) is 19.4 Å². The molecule has 0 N–H and O–H groups in total. The summed E-state index contributed by atoms with van der Waals surface area (Å²) < 4.78 is 8.48. The standard InChI is InChI=1S/C25H28N6OS/c1-4-17-13-26-25(27-14-17)31-11-9-19(10-12-31)32-24-23-22(28-16-29-24)21(15-30(23)2)18-5-7-20(33-3)8-6-18/h5-8,13-16,19H,4,9-12H2,1-3H3. The Balaban J connectivity index is 1.33. The van der Waals surface area contributed by atoms with Crippen LogP contribution in [0.1, 0.15) is 25.3 Å². The molecular formula is C25H28N6OS. The second kappa shape index (κ2) is 9.39. The molecule has 4 aromatic rings. The predicted octanol–water partition coefficient (Wildman–Crippen LogP) is 4.76. The molecule has 0 atom stereocenters. The van der Waals surface area contributed by atoms with Crippen LogP contribution in [0.3, 0.4) is 0 Å². The topological polar surface area (TPSA) is 69.0 Å². The normalized spacial score (nSPS) is 14.7. The highest BCUT2D eigenvalue weighted by Gasteiger charge is 2.24. The van der Waals surface area contributed by atoms with Crippen LogP contribution in [0.25, 0.3) is 22.2 Å². The molecule has 4 heterocycles. The summed E-state index contributed by atoms with van der Waals surface area (Å²) >= 11 is 1.74. The number of benzene rings is 1. The summed E-state index contributed by atoms with van der Waals surface area (Å²) in [5.74, 6) is 1.45. The number of ether oxygens (including phenoxy) is 1. The number of hydrogen-bond donors (Lipinski definition) is 0. The van der Waals surface area contributed by atoms with Crippen LogP contribution in [0.2, 0.25) is 0 Å². The highest BCUT2D eigenvalue weighted by Crippen LogP contribution is 2.34. The van der Waals surface area contributed by atoms with Crippen LogP contribution in [-0.2, 0) is 13.5 Å². The second-order valence-corrected chi connectivity index (χ2v) is 9.19. The van der Waals surface area contributed by atoms with E-state index in [2.05, 4.69) is 73.0 Å². The second-order valence-electron chi connectivity index (χ2n) is 8.31. The fraction of sp³-hybridized carbons (Fsp3) is 0.360. The van der Waals surface area contributed by atoms with Gasteiger partial charge in [0, 0.05) is 62.0 Å². The molecule has 1 aromatic carbocycles. The summed E-state index contributed by atoms with van der Waals surface area (Å²) in [5.41, 5.74) is 5.25. The Morgan fingerprint density at radius 1 is 1.03 bits per heavy atom. The van der Waals surface area contributed by atoms with Gasteiger partial charge in [-0.15, -0.1) is 11.8 Å². The molecule has 1 aliphatic rings. The van der Waals surface area contributed by atoms with Gasteiger partial charge in [0.15, 0.2) is 0 Å². The first-order valence-electron chi connectivity index (χ1n) is 11.3. The number of hydrogen-bond acceptors (Lipinski definition) is 7. The van der Waals surface area contributed by atoms with Crippen molar-refractivity contribution in [2.45, 2.75) is 37.2 Å². The molecule has 3 aromatic heterocycles. The molecule has 0 unspecified atom stereocenters. The van der Waals surface area contributed by atoms with Crippen molar-refractivity contribution in [3.63, 3.8) is 0 Å². The first-order chi connectivity index (χ1) is 16.2. The van der Waals surface area contributed by atoms with Gasteiger partial charge in [0.05, 0.1) is 0 Å². The van der Waals surface area contributed by atoms with Crippen LogP contribution in [-0.4, -0.2) is 50.0 Å². The van der Waals surface area contributed by atoms with Crippen molar-refractivity contribution in [3.05, 3.63) is 54.7 Å². The van der Waals surface area contributed by atoms with Gasteiger partial charge >= 0.3 is 0 Å². The van der Waals surface area contributed by atoms with Crippen molar-refractivity contribution >= 4 is 28.7 Å². The third-order valence-electron chi connectivity index (χ3n) is 6.22. The molecule has 0 radical (unpaired) electrons. The molecule has 1 aliphatic heterocycles. The quantitative estimate of drug-likeness (QED) is 0.384. The first-order valence-corrected chi connectivity index (χ1v) is 12.6. The Morgan fingerprint density at radius 2 is 1.76 bits per heavy atom. The lowest BCUT2D eigenvalue weighted by Crippen LogP contribution is -2.39. The van der Waals surface area contributed by atoms with Gasteiger partial charge in [-0.05, 0) is 35.9 Å². The lowest BCUT2D eigenvalue weighted by Gasteiger charge is -2.32. The van der Waals surface area contributed by atoms with E-state index in [0.717, 1.165) is 66.0 Å². The molecule has 0 amide bonds. The Bertz CT molecular complexity index is 1230. The maximum atomic E-state index is 6.41. The number of aromatic nitrogens is 5. The number of fused-ring (bicyclic) bond motifs is 1. The fourth-order valence-corrected chi connectivity index (χ4v) is 4.70. The Hall–Kier alpha value is -3.13. The molecule has 0 saturated carbocycles. The maximum absolute atomic E-state index is 6.41. The lowest BCUT2D eigenvalue weighted by atomic mass is 10.1. The van der Waals surface area contributed by atoms with Crippen LogP contribution in [0.15, 0.2) is 54.1 Å². The molecule has 0 aliphatic carbocycles. The van der Waals surface area contributed by atoms with Gasteiger partial charge in [-0.1, -0.05) is 19.1 Å². The molecule has 1 saturated heterocycles. The lowest BCUT2D eigenvalue weighted by molar-refractivity contribution is 0.165. The van der Waals surface area contributed by atoms with Crippen LogP contribution >= 0.6 is 11.8 Å². The number of thioether (sulfide) groups is 1. The molecule has 5 rings (SSSR count). The zero-order valence-corrected chi connectivity index (χ0v) is 20.0. The third kappa shape index (κ3) is 4.39. The van der Waals surface area contributed by atoms with E-state index in [-0.39, 0.29) is 6.10 Å². The SMILES string of the molecule is CCc1cnc(N2CCC(Oc3ncnc4c(-c5ccc(SC)cc5)cn(C)c34)CC2)nc1. The summed E-state index contributed by atoms with van der Waals surface area (Å²) in [5, 5.41) is 0. The van der Waals surface area contributed by atoms with Crippen molar-refractivity contribution in [1.82, 2.24) is 24.5 Å². The first kappa shape index (κ1) is 21.7. The van der Waals surface area contributed by atoms with Gasteiger partial charge in [-0.2, -0.15) is 4.98 Å². The average molecular weight is 461 g/mol. The molecule has 170 valence electrons. The van der Waals surface area contributed by atoms with E-state index in [4.69, 9.17) is 4.74 Å².